The summed E-state index contributed by atoms with van der Waals surface area (Å²) in [7, 11) is 0. The minimum atomic E-state index is -0.129. The fourth-order valence-corrected chi connectivity index (χ4v) is 2.67. The van der Waals surface area contributed by atoms with Gasteiger partial charge in [0, 0.05) is 23.4 Å². The highest BCUT2D eigenvalue weighted by Gasteiger charge is 2.14. The van der Waals surface area contributed by atoms with Crippen molar-refractivity contribution in [2.24, 2.45) is 0 Å². The van der Waals surface area contributed by atoms with Crippen LogP contribution in [0.4, 0.5) is 0 Å². The normalized spacial score (nSPS) is 11.8. The molecule has 2 aromatic rings. The minimum Gasteiger partial charge on any atom is -0.350 e. The van der Waals surface area contributed by atoms with Gasteiger partial charge in [-0.2, -0.15) is 0 Å². The molecule has 0 heterocycles. The molecule has 2 rings (SSSR count). The van der Waals surface area contributed by atoms with Gasteiger partial charge >= 0.3 is 0 Å². The third kappa shape index (κ3) is 4.93. The fourth-order valence-electron chi connectivity index (χ4n) is 2.55. The molecular weight excluding hydrogens is 322 g/mol. The first-order chi connectivity index (χ1) is 11.4. The van der Waals surface area contributed by atoms with Gasteiger partial charge in [0.1, 0.15) is 0 Å². The largest absolute Gasteiger partial charge is 0.350 e. The molecule has 0 aliphatic heterocycles. The summed E-state index contributed by atoms with van der Waals surface area (Å²) in [6.45, 7) is 5.78. The maximum atomic E-state index is 12.3. The maximum absolute atomic E-state index is 12.3. The molecule has 1 N–H and O–H groups in total. The maximum Gasteiger partial charge on any atom is 0.220 e. The Balaban J connectivity index is 1.89. The smallest absolute Gasteiger partial charge is 0.220 e. The van der Waals surface area contributed by atoms with E-state index in [2.05, 4.69) is 5.32 Å². The molecule has 0 aliphatic carbocycles. The second-order valence-corrected chi connectivity index (χ2v) is 6.52. The van der Waals surface area contributed by atoms with Crippen LogP contribution in [0.1, 0.15) is 52.9 Å². The molecule has 1 unspecified atom stereocenters. The second-order valence-electron chi connectivity index (χ2n) is 6.08. The predicted molar refractivity (Wildman–Crippen MR) is 97.5 cm³/mol. The van der Waals surface area contributed by atoms with Crippen molar-refractivity contribution in [1.29, 1.82) is 0 Å². The van der Waals surface area contributed by atoms with Crippen molar-refractivity contribution in [2.45, 2.75) is 39.7 Å². The van der Waals surface area contributed by atoms with Crippen LogP contribution in [0.15, 0.2) is 42.5 Å². The number of rotatable bonds is 6. The summed E-state index contributed by atoms with van der Waals surface area (Å²) in [5.74, 6) is -0.124. The van der Waals surface area contributed by atoms with E-state index < -0.39 is 0 Å². The monoisotopic (exact) mass is 343 g/mol. The molecule has 3 nitrogen and oxygen atoms in total. The number of aryl methyl sites for hydroxylation is 2. The highest BCUT2D eigenvalue weighted by Crippen LogP contribution is 2.17. The van der Waals surface area contributed by atoms with Crippen LogP contribution in [0.5, 0.6) is 0 Å². The number of ketones is 1. The van der Waals surface area contributed by atoms with Crippen molar-refractivity contribution in [3.8, 4) is 0 Å². The highest BCUT2D eigenvalue weighted by atomic mass is 35.5. The molecule has 0 radical (unpaired) electrons. The van der Waals surface area contributed by atoms with E-state index in [-0.39, 0.29) is 30.6 Å². The van der Waals surface area contributed by atoms with Crippen molar-refractivity contribution < 1.29 is 9.59 Å². The average molecular weight is 344 g/mol. The molecule has 0 aromatic heterocycles. The molecule has 0 saturated heterocycles. The number of amides is 1. The lowest BCUT2D eigenvalue weighted by molar-refractivity contribution is -0.121. The Morgan fingerprint density at radius 3 is 2.38 bits per heavy atom. The zero-order chi connectivity index (χ0) is 17.7. The Morgan fingerprint density at radius 1 is 1.04 bits per heavy atom. The summed E-state index contributed by atoms with van der Waals surface area (Å²) in [6.07, 6.45) is 0.396. The molecule has 2 aromatic carbocycles. The van der Waals surface area contributed by atoms with Crippen LogP contribution >= 0.6 is 11.6 Å². The van der Waals surface area contributed by atoms with Crippen molar-refractivity contribution >= 4 is 23.3 Å². The second kappa shape index (κ2) is 8.11. The third-order valence-electron chi connectivity index (χ3n) is 4.02. The number of nitrogens with one attached hydrogen (secondary N) is 1. The van der Waals surface area contributed by atoms with Crippen LogP contribution in [-0.4, -0.2) is 11.7 Å². The van der Waals surface area contributed by atoms with E-state index >= 15 is 0 Å². The number of halogens is 1. The van der Waals surface area contributed by atoms with Crippen molar-refractivity contribution in [3.63, 3.8) is 0 Å². The van der Waals surface area contributed by atoms with Crippen molar-refractivity contribution in [1.82, 2.24) is 5.32 Å². The van der Waals surface area contributed by atoms with E-state index in [1.165, 1.54) is 0 Å². The fraction of sp³-hybridized carbons (Fsp3) is 0.300. The van der Waals surface area contributed by atoms with Gasteiger partial charge in [0.2, 0.25) is 5.91 Å². The Labute approximate surface area is 148 Å². The lowest BCUT2D eigenvalue weighted by Crippen LogP contribution is -2.27. The number of hydrogen-bond donors (Lipinski definition) is 1. The van der Waals surface area contributed by atoms with Crippen LogP contribution in [-0.2, 0) is 4.79 Å². The standard InChI is InChI=1S/C20H22ClNO2/c1-13-4-5-14(2)18(12-13)19(23)10-11-20(24)22-15(3)16-6-8-17(21)9-7-16/h4-9,12,15H,10-11H2,1-3H3,(H,22,24). The molecule has 4 heteroatoms. The highest BCUT2D eigenvalue weighted by molar-refractivity contribution is 6.30. The summed E-state index contributed by atoms with van der Waals surface area (Å²) < 4.78 is 0. The van der Waals surface area contributed by atoms with Gasteiger partial charge in [0.15, 0.2) is 5.78 Å². The Hall–Kier alpha value is -2.13. The zero-order valence-corrected chi connectivity index (χ0v) is 15.0. The van der Waals surface area contributed by atoms with Crippen LogP contribution in [0.3, 0.4) is 0 Å². The summed E-state index contributed by atoms with van der Waals surface area (Å²) in [5.41, 5.74) is 3.67. The number of benzene rings is 2. The molecule has 0 aliphatic rings. The van der Waals surface area contributed by atoms with Gasteiger partial charge in [-0.15, -0.1) is 0 Å². The van der Waals surface area contributed by atoms with E-state index in [1.54, 1.807) is 12.1 Å². The van der Waals surface area contributed by atoms with Crippen LogP contribution < -0.4 is 5.32 Å². The van der Waals surface area contributed by atoms with Gasteiger partial charge in [-0.1, -0.05) is 41.4 Å². The van der Waals surface area contributed by atoms with E-state index in [9.17, 15) is 9.59 Å². The number of carbonyl (C=O) groups is 2. The van der Waals surface area contributed by atoms with Crippen molar-refractivity contribution in [2.75, 3.05) is 0 Å². The number of carbonyl (C=O) groups excluding carboxylic acids is 2. The van der Waals surface area contributed by atoms with Crippen molar-refractivity contribution in [3.05, 3.63) is 69.7 Å². The van der Waals surface area contributed by atoms with Crippen LogP contribution in [0.25, 0.3) is 0 Å². The van der Waals surface area contributed by atoms with Gasteiger partial charge in [0.05, 0.1) is 6.04 Å². The first-order valence-electron chi connectivity index (χ1n) is 8.02. The summed E-state index contributed by atoms with van der Waals surface area (Å²) >= 11 is 5.86. The summed E-state index contributed by atoms with van der Waals surface area (Å²) in [5, 5.41) is 3.58. The van der Waals surface area contributed by atoms with E-state index in [0.29, 0.717) is 10.6 Å². The molecule has 126 valence electrons. The Morgan fingerprint density at radius 2 is 1.71 bits per heavy atom. The summed E-state index contributed by atoms with van der Waals surface area (Å²) in [4.78, 5) is 24.4. The van der Waals surface area contributed by atoms with Crippen LogP contribution in [0.2, 0.25) is 5.02 Å². The first-order valence-corrected chi connectivity index (χ1v) is 8.40. The molecule has 0 bridgehead atoms. The topological polar surface area (TPSA) is 46.2 Å². The number of Topliss-reactive ketones (excluding diaryl/α,β-unsaturated/α-hetero) is 1. The quantitative estimate of drug-likeness (QED) is 0.766. The van der Waals surface area contributed by atoms with Gasteiger partial charge in [-0.3, -0.25) is 9.59 Å². The molecule has 0 spiro atoms. The predicted octanol–water partition coefficient (Wildman–Crippen LogP) is 4.80. The lowest BCUT2D eigenvalue weighted by Gasteiger charge is -2.14. The molecule has 1 amide bonds. The molecule has 0 saturated carbocycles. The number of hydrogen-bond acceptors (Lipinski definition) is 2. The van der Waals surface area contributed by atoms with Crippen LogP contribution in [0, 0.1) is 13.8 Å². The zero-order valence-electron chi connectivity index (χ0n) is 14.2. The molecule has 0 fully saturated rings. The summed E-state index contributed by atoms with van der Waals surface area (Å²) in [6, 6.07) is 13.0. The van der Waals surface area contributed by atoms with Gasteiger partial charge in [0.25, 0.3) is 0 Å². The van der Waals surface area contributed by atoms with E-state index in [4.69, 9.17) is 11.6 Å². The lowest BCUT2D eigenvalue weighted by atomic mass is 9.99. The Bertz CT molecular complexity index is 738. The van der Waals surface area contributed by atoms with E-state index in [0.717, 1.165) is 16.7 Å². The third-order valence-corrected chi connectivity index (χ3v) is 4.27. The van der Waals surface area contributed by atoms with Gasteiger partial charge in [-0.25, -0.2) is 0 Å². The van der Waals surface area contributed by atoms with E-state index in [1.807, 2.05) is 51.1 Å². The average Bonchev–Trinajstić information content (AvgIpc) is 2.55. The molecule has 24 heavy (non-hydrogen) atoms. The van der Waals surface area contributed by atoms with Gasteiger partial charge in [-0.05, 0) is 50.1 Å². The molecule has 1 atom stereocenters. The first kappa shape index (κ1) is 18.2. The van der Waals surface area contributed by atoms with Gasteiger partial charge < -0.3 is 5.32 Å². The molecular formula is C20H22ClNO2. The SMILES string of the molecule is Cc1ccc(C)c(C(=O)CCC(=O)NC(C)c2ccc(Cl)cc2)c1. The minimum absolute atomic E-state index is 0.00509. The Kier molecular flexibility index (Phi) is 6.16.